The monoisotopic (exact) mass is 272 g/mol. The highest BCUT2D eigenvalue weighted by Crippen LogP contribution is 2.30. The molecule has 0 bridgehead atoms. The van der Waals surface area contributed by atoms with Crippen molar-refractivity contribution in [2.24, 2.45) is 7.05 Å². The summed E-state index contributed by atoms with van der Waals surface area (Å²) in [4.78, 5) is 4.56. The Bertz CT molecular complexity index is 680. The average Bonchev–Trinajstić information content (AvgIpc) is 2.66. The lowest BCUT2D eigenvalue weighted by Crippen LogP contribution is -1.97. The Kier molecular flexibility index (Phi) is 3.63. The molecule has 2 heterocycles. The van der Waals surface area contributed by atoms with E-state index in [9.17, 15) is 0 Å². The van der Waals surface area contributed by atoms with Gasteiger partial charge in [-0.1, -0.05) is 0 Å². The van der Waals surface area contributed by atoms with E-state index in [1.54, 1.807) is 11.8 Å². The van der Waals surface area contributed by atoms with E-state index >= 15 is 0 Å². The largest absolute Gasteiger partial charge is 0.261 e. The van der Waals surface area contributed by atoms with Gasteiger partial charge >= 0.3 is 0 Å². The second-order valence-electron chi connectivity index (χ2n) is 4.51. The molecule has 0 fully saturated rings. The van der Waals surface area contributed by atoms with E-state index in [1.165, 1.54) is 0 Å². The molecule has 0 aromatic carbocycles. The van der Waals surface area contributed by atoms with Gasteiger partial charge in [-0.05, 0) is 38.7 Å². The van der Waals surface area contributed by atoms with E-state index in [0.717, 1.165) is 33.2 Å². The lowest BCUT2D eigenvalue weighted by atomic mass is 10.1. The van der Waals surface area contributed by atoms with Gasteiger partial charge in [-0.25, -0.2) is 4.98 Å². The fourth-order valence-corrected chi connectivity index (χ4v) is 2.89. The molecule has 0 saturated carbocycles. The van der Waals surface area contributed by atoms with Gasteiger partial charge in [0.25, 0.3) is 0 Å². The molecule has 4 nitrogen and oxygen atoms in total. The molecule has 0 amide bonds. The maximum Gasteiger partial charge on any atom is 0.115 e. The molecular formula is C14H16N4S. The maximum atomic E-state index is 9.03. The summed E-state index contributed by atoms with van der Waals surface area (Å²) in [5.41, 5.74) is 5.26. The SMILES string of the molecule is CSc1c(C)c(-c2nc(C)c(C#N)cc2C)nn1C. The van der Waals surface area contributed by atoms with Crippen LogP contribution in [0.2, 0.25) is 0 Å². The van der Waals surface area contributed by atoms with Crippen molar-refractivity contribution in [3.8, 4) is 17.5 Å². The zero-order valence-electron chi connectivity index (χ0n) is 11.8. The lowest BCUT2D eigenvalue weighted by Gasteiger charge is -2.06. The van der Waals surface area contributed by atoms with Gasteiger partial charge < -0.3 is 0 Å². The predicted octanol–water partition coefficient (Wildman–Crippen LogP) is 3.00. The summed E-state index contributed by atoms with van der Waals surface area (Å²) < 4.78 is 1.88. The Morgan fingerprint density at radius 1 is 1.26 bits per heavy atom. The molecule has 0 aliphatic heterocycles. The highest BCUT2D eigenvalue weighted by Gasteiger charge is 2.17. The third-order valence-corrected chi connectivity index (χ3v) is 4.12. The van der Waals surface area contributed by atoms with Crippen LogP contribution in [0.4, 0.5) is 0 Å². The zero-order valence-corrected chi connectivity index (χ0v) is 12.6. The fourth-order valence-electron chi connectivity index (χ4n) is 2.18. The first-order valence-corrected chi connectivity index (χ1v) is 7.18. The van der Waals surface area contributed by atoms with Crippen LogP contribution in [0, 0.1) is 32.1 Å². The molecule has 19 heavy (non-hydrogen) atoms. The van der Waals surface area contributed by atoms with Crippen LogP contribution in [0.15, 0.2) is 11.1 Å². The van der Waals surface area contributed by atoms with Crippen LogP contribution in [0.1, 0.15) is 22.4 Å². The van der Waals surface area contributed by atoms with E-state index in [1.807, 2.05) is 37.9 Å². The van der Waals surface area contributed by atoms with Crippen LogP contribution >= 0.6 is 11.8 Å². The quantitative estimate of drug-likeness (QED) is 0.789. The number of aryl methyl sites for hydroxylation is 3. The van der Waals surface area contributed by atoms with Gasteiger partial charge in [-0.2, -0.15) is 10.4 Å². The smallest absolute Gasteiger partial charge is 0.115 e. The molecule has 0 spiro atoms. The minimum absolute atomic E-state index is 0.625. The molecule has 0 aliphatic rings. The number of hydrogen-bond donors (Lipinski definition) is 0. The summed E-state index contributed by atoms with van der Waals surface area (Å²) >= 11 is 1.68. The highest BCUT2D eigenvalue weighted by atomic mass is 32.2. The van der Waals surface area contributed by atoms with Crippen molar-refractivity contribution in [2.45, 2.75) is 25.8 Å². The van der Waals surface area contributed by atoms with E-state index in [2.05, 4.69) is 23.1 Å². The van der Waals surface area contributed by atoms with Crippen LogP contribution < -0.4 is 0 Å². The number of rotatable bonds is 2. The van der Waals surface area contributed by atoms with Crippen molar-refractivity contribution in [3.63, 3.8) is 0 Å². The molecular weight excluding hydrogens is 256 g/mol. The first-order valence-electron chi connectivity index (χ1n) is 5.95. The second-order valence-corrected chi connectivity index (χ2v) is 5.30. The summed E-state index contributed by atoms with van der Waals surface area (Å²) in [6.07, 6.45) is 2.04. The Morgan fingerprint density at radius 2 is 1.95 bits per heavy atom. The molecule has 0 aliphatic carbocycles. The number of aromatic nitrogens is 3. The third kappa shape index (κ3) is 2.24. The molecule has 2 aromatic rings. The Balaban J connectivity index is 2.67. The molecule has 2 rings (SSSR count). The zero-order chi connectivity index (χ0) is 14.2. The van der Waals surface area contributed by atoms with Crippen molar-refractivity contribution in [1.82, 2.24) is 14.8 Å². The standard InChI is InChI=1S/C14H16N4S/c1-8-6-11(7-15)10(3)16-12(8)13-9(2)14(19-5)18(4)17-13/h6H,1-5H3. The van der Waals surface area contributed by atoms with Crippen molar-refractivity contribution < 1.29 is 0 Å². The number of thioether (sulfide) groups is 1. The fraction of sp³-hybridized carbons (Fsp3) is 0.357. The van der Waals surface area contributed by atoms with Crippen LogP contribution in [-0.4, -0.2) is 21.0 Å². The Labute approximate surface area is 117 Å². The normalized spacial score (nSPS) is 10.5. The van der Waals surface area contributed by atoms with Crippen LogP contribution in [0.25, 0.3) is 11.4 Å². The van der Waals surface area contributed by atoms with E-state index in [-0.39, 0.29) is 0 Å². The van der Waals surface area contributed by atoms with E-state index in [0.29, 0.717) is 5.56 Å². The first-order chi connectivity index (χ1) is 8.99. The second kappa shape index (κ2) is 5.06. The minimum atomic E-state index is 0.625. The van der Waals surface area contributed by atoms with Gasteiger partial charge in [0, 0.05) is 12.6 Å². The molecule has 0 radical (unpaired) electrons. The number of nitriles is 1. The van der Waals surface area contributed by atoms with Gasteiger partial charge in [-0.15, -0.1) is 11.8 Å². The molecule has 0 N–H and O–H groups in total. The topological polar surface area (TPSA) is 54.5 Å². The Morgan fingerprint density at radius 3 is 2.47 bits per heavy atom. The van der Waals surface area contributed by atoms with E-state index in [4.69, 9.17) is 5.26 Å². The highest BCUT2D eigenvalue weighted by molar-refractivity contribution is 7.98. The Hall–Kier alpha value is -1.80. The average molecular weight is 272 g/mol. The number of nitrogens with zero attached hydrogens (tertiary/aromatic N) is 4. The first kappa shape index (κ1) is 13.6. The number of hydrogen-bond acceptors (Lipinski definition) is 4. The minimum Gasteiger partial charge on any atom is -0.261 e. The molecule has 0 saturated heterocycles. The summed E-state index contributed by atoms with van der Waals surface area (Å²) in [6, 6.07) is 4.04. The molecule has 98 valence electrons. The van der Waals surface area contributed by atoms with Crippen molar-refractivity contribution in [1.29, 1.82) is 5.26 Å². The van der Waals surface area contributed by atoms with Crippen LogP contribution in [0.5, 0.6) is 0 Å². The van der Waals surface area contributed by atoms with Crippen molar-refractivity contribution in [2.75, 3.05) is 6.26 Å². The van der Waals surface area contributed by atoms with Crippen molar-refractivity contribution in [3.05, 3.63) is 28.5 Å². The summed E-state index contributed by atoms with van der Waals surface area (Å²) in [7, 11) is 1.94. The van der Waals surface area contributed by atoms with Gasteiger partial charge in [0.05, 0.1) is 22.0 Å². The number of pyridine rings is 1. The molecule has 0 atom stereocenters. The summed E-state index contributed by atoms with van der Waals surface area (Å²) in [5.74, 6) is 0. The van der Waals surface area contributed by atoms with Gasteiger partial charge in [-0.3, -0.25) is 4.68 Å². The van der Waals surface area contributed by atoms with Gasteiger partial charge in [0.2, 0.25) is 0 Å². The predicted molar refractivity (Wildman–Crippen MR) is 77.1 cm³/mol. The van der Waals surface area contributed by atoms with E-state index < -0.39 is 0 Å². The van der Waals surface area contributed by atoms with Crippen LogP contribution in [0.3, 0.4) is 0 Å². The summed E-state index contributed by atoms with van der Waals surface area (Å²) in [6.45, 7) is 5.88. The molecule has 2 aromatic heterocycles. The summed E-state index contributed by atoms with van der Waals surface area (Å²) in [5, 5.41) is 14.7. The maximum absolute atomic E-state index is 9.03. The van der Waals surface area contributed by atoms with Crippen molar-refractivity contribution >= 4 is 11.8 Å². The lowest BCUT2D eigenvalue weighted by molar-refractivity contribution is 0.698. The van der Waals surface area contributed by atoms with Gasteiger partial charge in [0.15, 0.2) is 0 Å². The van der Waals surface area contributed by atoms with Crippen LogP contribution in [-0.2, 0) is 7.05 Å². The third-order valence-electron chi connectivity index (χ3n) is 3.16. The molecule has 0 unspecified atom stereocenters. The molecule has 5 heteroatoms. The van der Waals surface area contributed by atoms with Gasteiger partial charge in [0.1, 0.15) is 11.8 Å².